The first-order valence-electron chi connectivity index (χ1n) is 12.9. The quantitative estimate of drug-likeness (QED) is 0.587. The van der Waals surface area contributed by atoms with Crippen molar-refractivity contribution in [1.29, 1.82) is 5.26 Å². The average molecular weight is 486 g/mol. The van der Waals surface area contributed by atoms with Gasteiger partial charge in [-0.3, -0.25) is 4.90 Å². The number of fused-ring (bicyclic) bond motifs is 4. The molecule has 1 fully saturated rings. The fourth-order valence-corrected chi connectivity index (χ4v) is 6.69. The third-order valence-electron chi connectivity index (χ3n) is 8.35. The van der Waals surface area contributed by atoms with Crippen molar-refractivity contribution in [3.8, 4) is 23.5 Å². The molecule has 3 aliphatic rings. The van der Waals surface area contributed by atoms with Crippen LogP contribution in [0.5, 0.6) is 5.88 Å². The normalized spacial score (nSPS) is 24.2. The molecule has 1 spiro atoms. The molecule has 6 rings (SSSR count). The molecule has 186 valence electrons. The van der Waals surface area contributed by atoms with Crippen LogP contribution in [0.3, 0.4) is 0 Å². The lowest BCUT2D eigenvalue weighted by Gasteiger charge is -2.40. The SMILES string of the molecule is CC(Oc1ccnc(-c2noc3c2CCCC32CCCc3cnc(N)c(C#N)c32)n1)C1CCCN1C. The van der Waals surface area contributed by atoms with Gasteiger partial charge in [0.05, 0.1) is 11.0 Å². The zero-order chi connectivity index (χ0) is 24.9. The van der Waals surface area contributed by atoms with Crippen molar-refractivity contribution >= 4 is 5.82 Å². The van der Waals surface area contributed by atoms with Crippen LogP contribution in [-0.2, 0) is 18.3 Å². The maximum Gasteiger partial charge on any atom is 0.217 e. The molecule has 2 aliphatic carbocycles. The lowest BCUT2D eigenvalue weighted by molar-refractivity contribution is 0.117. The molecule has 9 heteroatoms. The number of hydrogen-bond acceptors (Lipinski definition) is 9. The Bertz CT molecular complexity index is 1340. The summed E-state index contributed by atoms with van der Waals surface area (Å²) in [6.45, 7) is 3.20. The summed E-state index contributed by atoms with van der Waals surface area (Å²) in [7, 11) is 2.14. The van der Waals surface area contributed by atoms with Crippen LogP contribution in [-0.4, -0.2) is 50.7 Å². The van der Waals surface area contributed by atoms with Gasteiger partial charge in [-0.2, -0.15) is 10.2 Å². The Labute approximate surface area is 210 Å². The summed E-state index contributed by atoms with van der Waals surface area (Å²) in [4.78, 5) is 15.9. The van der Waals surface area contributed by atoms with Gasteiger partial charge in [0.25, 0.3) is 0 Å². The molecule has 0 bridgehead atoms. The highest BCUT2D eigenvalue weighted by atomic mass is 16.5. The molecular formula is C27H31N7O2. The number of aromatic nitrogens is 4. The predicted molar refractivity (Wildman–Crippen MR) is 133 cm³/mol. The van der Waals surface area contributed by atoms with Gasteiger partial charge in [0.1, 0.15) is 18.0 Å². The van der Waals surface area contributed by atoms with Gasteiger partial charge in [-0.05, 0) is 83.0 Å². The number of anilines is 1. The van der Waals surface area contributed by atoms with Crippen molar-refractivity contribution < 1.29 is 9.26 Å². The predicted octanol–water partition coefficient (Wildman–Crippen LogP) is 3.80. The van der Waals surface area contributed by atoms with E-state index in [-0.39, 0.29) is 11.9 Å². The van der Waals surface area contributed by atoms with Crippen molar-refractivity contribution in [2.45, 2.75) is 75.9 Å². The van der Waals surface area contributed by atoms with Gasteiger partial charge in [0.15, 0.2) is 17.3 Å². The first-order chi connectivity index (χ1) is 17.5. The Morgan fingerprint density at radius 1 is 1.25 bits per heavy atom. The second-order valence-electron chi connectivity index (χ2n) is 10.4. The number of nitriles is 1. The highest BCUT2D eigenvalue weighted by molar-refractivity contribution is 5.64. The van der Waals surface area contributed by atoms with E-state index in [4.69, 9.17) is 20.0 Å². The third kappa shape index (κ3) is 3.54. The molecule has 2 N–H and O–H groups in total. The van der Waals surface area contributed by atoms with E-state index < -0.39 is 5.41 Å². The van der Waals surface area contributed by atoms with E-state index in [9.17, 15) is 5.26 Å². The summed E-state index contributed by atoms with van der Waals surface area (Å²) in [5.74, 6) is 2.15. The van der Waals surface area contributed by atoms with Gasteiger partial charge >= 0.3 is 0 Å². The van der Waals surface area contributed by atoms with E-state index in [0.29, 0.717) is 29.0 Å². The van der Waals surface area contributed by atoms with Gasteiger partial charge in [0.2, 0.25) is 5.88 Å². The molecule has 0 amide bonds. The van der Waals surface area contributed by atoms with Gasteiger partial charge in [-0.1, -0.05) is 5.16 Å². The van der Waals surface area contributed by atoms with Crippen LogP contribution < -0.4 is 10.5 Å². The first kappa shape index (κ1) is 22.9. The molecule has 1 saturated heterocycles. The van der Waals surface area contributed by atoms with E-state index in [2.05, 4.69) is 40.1 Å². The maximum absolute atomic E-state index is 9.96. The molecule has 3 unspecified atom stereocenters. The topological polar surface area (TPSA) is 127 Å². The van der Waals surface area contributed by atoms with Crippen molar-refractivity contribution in [2.75, 3.05) is 19.3 Å². The molecule has 9 nitrogen and oxygen atoms in total. The zero-order valence-corrected chi connectivity index (χ0v) is 20.8. The summed E-state index contributed by atoms with van der Waals surface area (Å²) in [6, 6.07) is 4.50. The molecule has 4 heterocycles. The fraction of sp³-hybridized carbons (Fsp3) is 0.519. The molecule has 3 aromatic heterocycles. The highest BCUT2D eigenvalue weighted by Crippen LogP contribution is 2.52. The summed E-state index contributed by atoms with van der Waals surface area (Å²) in [6.07, 6.45) is 11.3. The van der Waals surface area contributed by atoms with Crippen LogP contribution in [0.2, 0.25) is 0 Å². The van der Waals surface area contributed by atoms with E-state index in [1.807, 2.05) is 6.20 Å². The zero-order valence-electron chi connectivity index (χ0n) is 20.8. The second-order valence-corrected chi connectivity index (χ2v) is 10.4. The van der Waals surface area contributed by atoms with Gasteiger partial charge in [0, 0.05) is 30.1 Å². The summed E-state index contributed by atoms with van der Waals surface area (Å²) in [5, 5.41) is 14.4. The molecule has 36 heavy (non-hydrogen) atoms. The standard InChI is InChI=1S/C27H31N7O2/c1-16(20-8-5-13-34(20)2)35-21-9-12-30-26(32-21)23-18-7-4-11-27(24(18)36-33-23)10-3-6-17-15-31-25(29)19(14-28)22(17)27/h9,12,15-16,20H,3-8,10-11,13H2,1-2H3,(H2,29,31). The number of hydrogen-bond donors (Lipinski definition) is 1. The molecule has 0 saturated carbocycles. The van der Waals surface area contributed by atoms with Gasteiger partial charge in [-0.25, -0.2) is 9.97 Å². The Balaban J connectivity index is 1.38. The van der Waals surface area contributed by atoms with Crippen LogP contribution in [0.1, 0.15) is 73.5 Å². The maximum atomic E-state index is 9.96. The Morgan fingerprint density at radius 3 is 2.86 bits per heavy atom. The number of nitrogen functional groups attached to an aromatic ring is 1. The Morgan fingerprint density at radius 2 is 2.08 bits per heavy atom. The van der Waals surface area contributed by atoms with Crippen molar-refractivity contribution in [1.82, 2.24) is 25.0 Å². The first-order valence-corrected chi connectivity index (χ1v) is 12.9. The number of aryl methyl sites for hydroxylation is 1. The molecular weight excluding hydrogens is 454 g/mol. The number of likely N-dealkylation sites (N-methyl/N-ethyl adjacent to an activating group) is 1. The lowest BCUT2D eigenvalue weighted by atomic mass is 9.61. The second kappa shape index (κ2) is 8.86. The molecule has 0 radical (unpaired) electrons. The summed E-state index contributed by atoms with van der Waals surface area (Å²) < 4.78 is 12.3. The minimum absolute atomic E-state index is 0.0250. The summed E-state index contributed by atoms with van der Waals surface area (Å²) in [5.41, 5.74) is 9.93. The van der Waals surface area contributed by atoms with E-state index in [1.165, 1.54) is 6.42 Å². The molecule has 3 atom stereocenters. The largest absolute Gasteiger partial charge is 0.473 e. The Kier molecular flexibility index (Phi) is 5.64. The van der Waals surface area contributed by atoms with Crippen LogP contribution in [0.4, 0.5) is 5.82 Å². The molecule has 3 aromatic rings. The molecule has 1 aliphatic heterocycles. The van der Waals surface area contributed by atoms with Crippen LogP contribution in [0.25, 0.3) is 11.5 Å². The van der Waals surface area contributed by atoms with Gasteiger partial charge in [-0.15, -0.1) is 0 Å². The monoisotopic (exact) mass is 485 g/mol. The van der Waals surface area contributed by atoms with E-state index in [1.54, 1.807) is 12.3 Å². The average Bonchev–Trinajstić information content (AvgIpc) is 3.52. The lowest BCUT2D eigenvalue weighted by Crippen LogP contribution is -2.38. The number of rotatable bonds is 4. The third-order valence-corrected chi connectivity index (χ3v) is 8.35. The number of pyridine rings is 1. The van der Waals surface area contributed by atoms with Crippen molar-refractivity contribution in [3.05, 3.63) is 46.5 Å². The number of ether oxygens (including phenoxy) is 1. The van der Waals surface area contributed by atoms with E-state index >= 15 is 0 Å². The minimum Gasteiger partial charge on any atom is -0.473 e. The fourth-order valence-electron chi connectivity index (χ4n) is 6.69. The number of likely N-dealkylation sites (tertiary alicyclic amines) is 1. The van der Waals surface area contributed by atoms with Crippen molar-refractivity contribution in [3.63, 3.8) is 0 Å². The minimum atomic E-state index is -0.426. The van der Waals surface area contributed by atoms with Crippen molar-refractivity contribution in [2.24, 2.45) is 0 Å². The van der Waals surface area contributed by atoms with Gasteiger partial charge < -0.3 is 15.0 Å². The molecule has 0 aromatic carbocycles. The summed E-state index contributed by atoms with van der Waals surface area (Å²) >= 11 is 0. The Hall–Kier alpha value is -3.51. The van der Waals surface area contributed by atoms with Crippen LogP contribution in [0, 0.1) is 11.3 Å². The smallest absolute Gasteiger partial charge is 0.217 e. The number of nitrogens with zero attached hydrogens (tertiary/aromatic N) is 6. The highest BCUT2D eigenvalue weighted by Gasteiger charge is 2.48. The van der Waals surface area contributed by atoms with Crippen LogP contribution >= 0.6 is 0 Å². The number of nitrogens with two attached hydrogens (primary N) is 1. The van der Waals surface area contributed by atoms with E-state index in [0.717, 1.165) is 73.9 Å². The van der Waals surface area contributed by atoms with Crippen LogP contribution in [0.15, 0.2) is 23.0 Å².